The van der Waals surface area contributed by atoms with E-state index in [2.05, 4.69) is 27.0 Å². The first-order chi connectivity index (χ1) is 14.7. The molecule has 1 N–H and O–H groups in total. The lowest BCUT2D eigenvalue weighted by atomic mass is 10.2. The number of anilines is 1. The number of amides is 2. The van der Waals surface area contributed by atoms with Crippen LogP contribution in [0.15, 0.2) is 52.5 Å². The number of carbonyl (C=O) groups excluding carboxylic acids is 2. The number of rotatable bonds is 6. The third kappa shape index (κ3) is 4.66. The van der Waals surface area contributed by atoms with Crippen LogP contribution in [-0.4, -0.2) is 79.0 Å². The number of para-hydroxylation sites is 1. The molecule has 0 atom stereocenters. The Balaban J connectivity index is 1.39. The predicted molar refractivity (Wildman–Crippen MR) is 118 cm³/mol. The molecule has 3 heterocycles. The molecule has 8 heteroatoms. The number of hydrogen-bond acceptors (Lipinski definition) is 6. The molecule has 1 saturated heterocycles. The van der Waals surface area contributed by atoms with E-state index < -0.39 is 0 Å². The van der Waals surface area contributed by atoms with Crippen molar-refractivity contribution in [2.24, 2.45) is 0 Å². The van der Waals surface area contributed by atoms with Gasteiger partial charge in [-0.25, -0.2) is 4.98 Å². The van der Waals surface area contributed by atoms with Crippen molar-refractivity contribution in [1.82, 2.24) is 20.1 Å². The lowest BCUT2D eigenvalue weighted by Crippen LogP contribution is -2.49. The van der Waals surface area contributed by atoms with Gasteiger partial charge in [-0.1, -0.05) is 30.8 Å². The monoisotopic (exact) mass is 425 g/mol. The second-order valence-electron chi connectivity index (χ2n) is 7.44. The smallest absolute Gasteiger partial charge is 0.261 e. The summed E-state index contributed by atoms with van der Waals surface area (Å²) in [6.07, 6.45) is 1.68. The normalized spacial score (nSPS) is 17.2. The van der Waals surface area contributed by atoms with Crippen LogP contribution in [-0.2, 0) is 4.79 Å². The van der Waals surface area contributed by atoms with Gasteiger partial charge in [0.25, 0.3) is 5.91 Å². The van der Waals surface area contributed by atoms with Crippen molar-refractivity contribution >= 4 is 29.3 Å². The number of benzene rings is 1. The van der Waals surface area contributed by atoms with Gasteiger partial charge in [0.1, 0.15) is 11.6 Å². The molecule has 0 bridgehead atoms. The number of nitrogens with one attached hydrogen (secondary N) is 1. The number of nitrogens with zero attached hydrogens (tertiary/aromatic N) is 4. The van der Waals surface area contributed by atoms with Gasteiger partial charge in [0, 0.05) is 50.4 Å². The fourth-order valence-corrected chi connectivity index (χ4v) is 4.82. The summed E-state index contributed by atoms with van der Waals surface area (Å²) in [5.74, 6) is -0.343. The molecule has 2 amide bonds. The van der Waals surface area contributed by atoms with Gasteiger partial charge in [-0.2, -0.15) is 0 Å². The van der Waals surface area contributed by atoms with E-state index in [0.29, 0.717) is 17.1 Å². The van der Waals surface area contributed by atoms with Gasteiger partial charge in [-0.15, -0.1) is 0 Å². The highest BCUT2D eigenvalue weighted by Gasteiger charge is 2.29. The number of hydrogen-bond donors (Lipinski definition) is 1. The molecular weight excluding hydrogens is 398 g/mol. The van der Waals surface area contributed by atoms with Crippen molar-refractivity contribution in [2.75, 3.05) is 57.3 Å². The van der Waals surface area contributed by atoms with Crippen LogP contribution in [0.4, 0.5) is 5.69 Å². The average Bonchev–Trinajstić information content (AvgIpc) is 2.89. The van der Waals surface area contributed by atoms with E-state index in [1.54, 1.807) is 23.2 Å². The zero-order chi connectivity index (χ0) is 20.9. The van der Waals surface area contributed by atoms with Gasteiger partial charge in [-0.05, 0) is 30.8 Å². The van der Waals surface area contributed by atoms with E-state index in [0.717, 1.165) is 49.9 Å². The molecule has 0 spiro atoms. The van der Waals surface area contributed by atoms with Crippen LogP contribution in [0.5, 0.6) is 0 Å². The number of aromatic nitrogens is 1. The molecule has 2 aliphatic rings. The van der Waals surface area contributed by atoms with E-state index >= 15 is 0 Å². The van der Waals surface area contributed by atoms with Crippen molar-refractivity contribution in [1.29, 1.82) is 0 Å². The summed E-state index contributed by atoms with van der Waals surface area (Å²) in [6.45, 7) is 8.90. The maximum atomic E-state index is 13.2. The summed E-state index contributed by atoms with van der Waals surface area (Å²) in [4.78, 5) is 37.5. The van der Waals surface area contributed by atoms with Gasteiger partial charge in [0.15, 0.2) is 0 Å². The third-order valence-electron chi connectivity index (χ3n) is 5.57. The Bertz CT molecular complexity index is 914. The molecule has 1 aromatic heterocycles. The Morgan fingerprint density at radius 1 is 1.10 bits per heavy atom. The van der Waals surface area contributed by atoms with Crippen LogP contribution in [0.2, 0.25) is 0 Å². The third-order valence-corrected chi connectivity index (χ3v) is 6.66. The highest BCUT2D eigenvalue weighted by atomic mass is 32.2. The summed E-state index contributed by atoms with van der Waals surface area (Å²) in [5, 5.41) is 3.66. The van der Waals surface area contributed by atoms with Crippen molar-refractivity contribution < 1.29 is 9.59 Å². The van der Waals surface area contributed by atoms with Crippen LogP contribution < -0.4 is 10.2 Å². The SMILES string of the molecule is CCN1CCN(CCNC(=O)CN2C(=O)c3cccnc3Sc3ccccc32)CC1. The van der Waals surface area contributed by atoms with E-state index in [1.807, 2.05) is 24.3 Å². The van der Waals surface area contributed by atoms with E-state index in [4.69, 9.17) is 0 Å². The van der Waals surface area contributed by atoms with Crippen LogP contribution in [0, 0.1) is 0 Å². The lowest BCUT2D eigenvalue weighted by Gasteiger charge is -2.34. The van der Waals surface area contributed by atoms with Gasteiger partial charge < -0.3 is 10.2 Å². The largest absolute Gasteiger partial charge is 0.353 e. The van der Waals surface area contributed by atoms with Gasteiger partial charge in [0.05, 0.1) is 11.3 Å². The standard InChI is InChI=1S/C22H27N5O2S/c1-2-25-12-14-26(15-13-25)11-10-23-20(28)16-27-18-7-3-4-8-19(18)30-21-17(22(27)29)6-5-9-24-21/h3-9H,2,10-16H2,1H3,(H,23,28). The molecule has 158 valence electrons. The Hall–Kier alpha value is -2.42. The zero-order valence-electron chi connectivity index (χ0n) is 17.2. The first-order valence-electron chi connectivity index (χ1n) is 10.4. The fraction of sp³-hybridized carbons (Fsp3) is 0.409. The molecule has 0 unspecified atom stereocenters. The van der Waals surface area contributed by atoms with E-state index in [1.165, 1.54) is 11.8 Å². The molecule has 30 heavy (non-hydrogen) atoms. The average molecular weight is 426 g/mol. The van der Waals surface area contributed by atoms with Crippen LogP contribution in [0.25, 0.3) is 0 Å². The summed E-state index contributed by atoms with van der Waals surface area (Å²) in [6, 6.07) is 11.2. The molecule has 1 aromatic carbocycles. The van der Waals surface area contributed by atoms with E-state index in [-0.39, 0.29) is 18.4 Å². The topological polar surface area (TPSA) is 68.8 Å². The Labute approximate surface area is 181 Å². The minimum Gasteiger partial charge on any atom is -0.353 e. The second kappa shape index (κ2) is 9.59. The highest BCUT2D eigenvalue weighted by molar-refractivity contribution is 7.99. The van der Waals surface area contributed by atoms with Gasteiger partial charge in [0.2, 0.25) is 5.91 Å². The molecule has 0 radical (unpaired) electrons. The quantitative estimate of drug-likeness (QED) is 0.763. The minimum atomic E-state index is -0.193. The molecule has 2 aliphatic heterocycles. The van der Waals surface area contributed by atoms with Crippen molar-refractivity contribution in [2.45, 2.75) is 16.8 Å². The first-order valence-corrected chi connectivity index (χ1v) is 11.2. The summed E-state index contributed by atoms with van der Waals surface area (Å²) in [5.41, 5.74) is 1.27. The fourth-order valence-electron chi connectivity index (χ4n) is 3.80. The van der Waals surface area contributed by atoms with Crippen molar-refractivity contribution in [3.05, 3.63) is 48.2 Å². The number of piperazine rings is 1. The van der Waals surface area contributed by atoms with Gasteiger partial charge >= 0.3 is 0 Å². The summed E-state index contributed by atoms with van der Waals surface area (Å²) >= 11 is 1.46. The molecule has 1 fully saturated rings. The lowest BCUT2D eigenvalue weighted by molar-refractivity contribution is -0.119. The predicted octanol–water partition coefficient (Wildman–Crippen LogP) is 1.95. The number of carbonyl (C=O) groups is 2. The van der Waals surface area contributed by atoms with Crippen LogP contribution in [0.1, 0.15) is 17.3 Å². The zero-order valence-corrected chi connectivity index (χ0v) is 18.0. The molecule has 7 nitrogen and oxygen atoms in total. The maximum Gasteiger partial charge on any atom is 0.261 e. The maximum absolute atomic E-state index is 13.2. The Morgan fingerprint density at radius 2 is 1.87 bits per heavy atom. The van der Waals surface area contributed by atoms with Crippen LogP contribution >= 0.6 is 11.8 Å². The summed E-state index contributed by atoms with van der Waals surface area (Å²) in [7, 11) is 0. The van der Waals surface area contributed by atoms with Gasteiger partial charge in [-0.3, -0.25) is 19.4 Å². The molecular formula is C22H27N5O2S. The minimum absolute atomic E-state index is 0.00560. The van der Waals surface area contributed by atoms with Crippen molar-refractivity contribution in [3.63, 3.8) is 0 Å². The number of pyridine rings is 1. The number of likely N-dealkylation sites (N-methyl/N-ethyl adjacent to an activating group) is 1. The number of fused-ring (bicyclic) bond motifs is 2. The molecule has 4 rings (SSSR count). The summed E-state index contributed by atoms with van der Waals surface area (Å²) < 4.78 is 0. The molecule has 2 aromatic rings. The Morgan fingerprint density at radius 3 is 2.67 bits per heavy atom. The molecule has 0 saturated carbocycles. The van der Waals surface area contributed by atoms with Crippen LogP contribution in [0.3, 0.4) is 0 Å². The first kappa shape index (κ1) is 20.8. The van der Waals surface area contributed by atoms with E-state index in [9.17, 15) is 9.59 Å². The Kier molecular flexibility index (Phi) is 6.66. The second-order valence-corrected chi connectivity index (χ2v) is 8.47. The molecule has 0 aliphatic carbocycles. The van der Waals surface area contributed by atoms with Crippen molar-refractivity contribution in [3.8, 4) is 0 Å². The highest BCUT2D eigenvalue weighted by Crippen LogP contribution is 2.39.